The molecule has 0 saturated carbocycles. The fourth-order valence-corrected chi connectivity index (χ4v) is 4.73. The number of benzene rings is 3. The van der Waals surface area contributed by atoms with Crippen LogP contribution in [0.4, 0.5) is 30.4 Å². The minimum atomic E-state index is -4.39. The lowest BCUT2D eigenvalue weighted by atomic mass is 10.1. The molecule has 3 heterocycles. The summed E-state index contributed by atoms with van der Waals surface area (Å²) < 4.78 is 51.7. The molecule has 1 aliphatic rings. The highest BCUT2D eigenvalue weighted by molar-refractivity contribution is 5.87. The molecule has 11 heteroatoms. The third kappa shape index (κ3) is 5.80. The molecule has 0 unspecified atom stereocenters. The number of alkyl halides is 3. The van der Waals surface area contributed by atoms with Gasteiger partial charge in [0.2, 0.25) is 0 Å². The van der Waals surface area contributed by atoms with Gasteiger partial charge in [-0.3, -0.25) is 0 Å². The summed E-state index contributed by atoms with van der Waals surface area (Å²) in [7, 11) is 1.60. The summed E-state index contributed by atoms with van der Waals surface area (Å²) in [5, 5.41) is 3.39. The van der Waals surface area contributed by atoms with Crippen molar-refractivity contribution in [3.8, 4) is 17.1 Å². The first-order valence-corrected chi connectivity index (χ1v) is 13.1. The van der Waals surface area contributed by atoms with Gasteiger partial charge in [-0.1, -0.05) is 12.1 Å². The van der Waals surface area contributed by atoms with Crippen molar-refractivity contribution in [3.05, 3.63) is 90.3 Å². The maximum Gasteiger partial charge on any atom is 0.416 e. The van der Waals surface area contributed by atoms with Gasteiger partial charge in [0.1, 0.15) is 5.75 Å². The fourth-order valence-electron chi connectivity index (χ4n) is 4.73. The van der Waals surface area contributed by atoms with E-state index >= 15 is 0 Å². The molecule has 5 aromatic rings. The summed E-state index contributed by atoms with van der Waals surface area (Å²) in [6.45, 7) is 3.41. The van der Waals surface area contributed by atoms with Crippen LogP contribution in [0.25, 0.3) is 22.6 Å². The lowest BCUT2D eigenvalue weighted by Gasteiger charge is -2.28. The number of imidazole rings is 1. The highest BCUT2D eigenvalue weighted by Crippen LogP contribution is 2.31. The van der Waals surface area contributed by atoms with Crippen LogP contribution in [0, 0.1) is 0 Å². The van der Waals surface area contributed by atoms with Crippen LogP contribution >= 0.6 is 0 Å². The molecule has 0 aliphatic carbocycles. The van der Waals surface area contributed by atoms with Crippen molar-refractivity contribution in [1.82, 2.24) is 19.5 Å². The fraction of sp³-hybridized carbons (Fsp3) is 0.233. The SMILES string of the molecule is COc1ccc(-c2nc(Nc3ccc(N4CCOCC4)cc3)c3ncn(Cc4ccc(C(F)(F)F)cc4)c3n2)cc1. The third-order valence-electron chi connectivity index (χ3n) is 6.95. The predicted octanol–water partition coefficient (Wildman–Crippen LogP) is 6.15. The van der Waals surface area contributed by atoms with Crippen molar-refractivity contribution >= 4 is 28.4 Å². The van der Waals surface area contributed by atoms with E-state index in [0.717, 1.165) is 42.2 Å². The molecule has 0 amide bonds. The Balaban J connectivity index is 1.35. The molecular weight excluding hydrogens is 533 g/mol. The van der Waals surface area contributed by atoms with E-state index in [1.54, 1.807) is 18.0 Å². The van der Waals surface area contributed by atoms with Crippen LogP contribution in [-0.4, -0.2) is 52.9 Å². The molecule has 1 N–H and O–H groups in total. The van der Waals surface area contributed by atoms with Crippen molar-refractivity contribution in [2.45, 2.75) is 12.7 Å². The Hall–Kier alpha value is -4.64. The molecule has 6 rings (SSSR count). The summed E-state index contributed by atoms with van der Waals surface area (Å²) in [6.07, 6.45) is -2.76. The number of anilines is 3. The number of ether oxygens (including phenoxy) is 2. The lowest BCUT2D eigenvalue weighted by molar-refractivity contribution is -0.137. The lowest BCUT2D eigenvalue weighted by Crippen LogP contribution is -2.36. The van der Waals surface area contributed by atoms with Gasteiger partial charge >= 0.3 is 6.18 Å². The van der Waals surface area contributed by atoms with Crippen LogP contribution in [-0.2, 0) is 17.5 Å². The van der Waals surface area contributed by atoms with Gasteiger partial charge in [0, 0.05) is 30.0 Å². The van der Waals surface area contributed by atoms with E-state index in [9.17, 15) is 13.2 Å². The topological polar surface area (TPSA) is 77.3 Å². The Morgan fingerprint density at radius 3 is 2.27 bits per heavy atom. The first-order chi connectivity index (χ1) is 19.9. The third-order valence-corrected chi connectivity index (χ3v) is 6.95. The van der Waals surface area contributed by atoms with Gasteiger partial charge in [-0.25, -0.2) is 15.0 Å². The first kappa shape index (κ1) is 26.6. The van der Waals surface area contributed by atoms with E-state index in [1.165, 1.54) is 12.1 Å². The summed E-state index contributed by atoms with van der Waals surface area (Å²) in [4.78, 5) is 16.5. The maximum absolute atomic E-state index is 13.0. The van der Waals surface area contributed by atoms with Gasteiger partial charge < -0.3 is 24.3 Å². The Kier molecular flexibility index (Phi) is 7.19. The summed E-state index contributed by atoms with van der Waals surface area (Å²) in [6, 6.07) is 20.6. The zero-order valence-corrected chi connectivity index (χ0v) is 22.2. The van der Waals surface area contributed by atoms with Crippen LogP contribution < -0.4 is 15.0 Å². The zero-order chi connectivity index (χ0) is 28.4. The summed E-state index contributed by atoms with van der Waals surface area (Å²) >= 11 is 0. The van der Waals surface area contributed by atoms with Gasteiger partial charge in [-0.2, -0.15) is 13.2 Å². The number of morpholine rings is 1. The van der Waals surface area contributed by atoms with E-state index in [0.29, 0.717) is 53.9 Å². The van der Waals surface area contributed by atoms with Crippen LogP contribution in [0.3, 0.4) is 0 Å². The molecule has 1 aliphatic heterocycles. The van der Waals surface area contributed by atoms with Gasteiger partial charge in [-0.05, 0) is 66.2 Å². The van der Waals surface area contributed by atoms with Crippen LogP contribution in [0.1, 0.15) is 11.1 Å². The van der Waals surface area contributed by atoms with Crippen LogP contribution in [0.15, 0.2) is 79.1 Å². The quantitative estimate of drug-likeness (QED) is 0.256. The van der Waals surface area contributed by atoms with Crippen molar-refractivity contribution in [1.29, 1.82) is 0 Å². The van der Waals surface area contributed by atoms with Crippen molar-refractivity contribution < 1.29 is 22.6 Å². The molecule has 2 aromatic heterocycles. The molecule has 1 saturated heterocycles. The van der Waals surface area contributed by atoms with Crippen LogP contribution in [0.2, 0.25) is 0 Å². The molecule has 8 nitrogen and oxygen atoms in total. The van der Waals surface area contributed by atoms with Gasteiger partial charge in [-0.15, -0.1) is 0 Å². The standard InChI is InChI=1S/C30H27F3N6O2/c1-40-25-12-4-21(5-13-25)27-36-28(35-23-8-10-24(11-9-23)38-14-16-41-17-15-38)26-29(37-27)39(19-34-26)18-20-2-6-22(7-3-20)30(31,32)33/h2-13,19H,14-18H2,1H3,(H,35,36,37). The van der Waals surface area contributed by atoms with Crippen molar-refractivity contribution in [3.63, 3.8) is 0 Å². The van der Waals surface area contributed by atoms with E-state index in [2.05, 4.69) is 27.3 Å². The maximum atomic E-state index is 13.0. The first-order valence-electron chi connectivity index (χ1n) is 13.1. The smallest absolute Gasteiger partial charge is 0.416 e. The van der Waals surface area contributed by atoms with Crippen molar-refractivity contribution in [2.24, 2.45) is 0 Å². The molecule has 210 valence electrons. The number of hydrogen-bond acceptors (Lipinski definition) is 7. The molecule has 0 bridgehead atoms. The number of methoxy groups -OCH3 is 1. The number of hydrogen-bond donors (Lipinski definition) is 1. The van der Waals surface area contributed by atoms with E-state index < -0.39 is 11.7 Å². The highest BCUT2D eigenvalue weighted by atomic mass is 19.4. The molecule has 3 aromatic carbocycles. The Bertz CT molecular complexity index is 1630. The Morgan fingerprint density at radius 2 is 1.61 bits per heavy atom. The number of aromatic nitrogens is 4. The average molecular weight is 561 g/mol. The summed E-state index contributed by atoms with van der Waals surface area (Å²) in [5.41, 5.74) is 3.83. The molecular formula is C30H27F3N6O2. The second-order valence-electron chi connectivity index (χ2n) is 9.63. The molecule has 1 fully saturated rings. The Labute approximate surface area is 234 Å². The van der Waals surface area contributed by atoms with Gasteiger partial charge in [0.15, 0.2) is 22.8 Å². The van der Waals surface area contributed by atoms with Gasteiger partial charge in [0.25, 0.3) is 0 Å². The second kappa shape index (κ2) is 11.1. The van der Waals surface area contributed by atoms with Crippen LogP contribution in [0.5, 0.6) is 5.75 Å². The average Bonchev–Trinajstić information content (AvgIpc) is 3.40. The number of nitrogens with one attached hydrogen (secondary N) is 1. The van der Waals surface area contributed by atoms with E-state index in [1.807, 2.05) is 36.4 Å². The molecule has 0 atom stereocenters. The normalized spacial score (nSPS) is 13.9. The minimum absolute atomic E-state index is 0.293. The largest absolute Gasteiger partial charge is 0.497 e. The Morgan fingerprint density at radius 1 is 0.902 bits per heavy atom. The number of rotatable bonds is 7. The molecule has 0 radical (unpaired) electrons. The molecule has 41 heavy (non-hydrogen) atoms. The number of halogens is 3. The summed E-state index contributed by atoms with van der Waals surface area (Å²) in [5.74, 6) is 1.70. The number of nitrogens with zero attached hydrogens (tertiary/aromatic N) is 5. The molecule has 0 spiro atoms. The van der Waals surface area contributed by atoms with E-state index in [-0.39, 0.29) is 0 Å². The van der Waals surface area contributed by atoms with E-state index in [4.69, 9.17) is 19.4 Å². The predicted molar refractivity (Wildman–Crippen MR) is 151 cm³/mol. The number of fused-ring (bicyclic) bond motifs is 1. The highest BCUT2D eigenvalue weighted by Gasteiger charge is 2.30. The minimum Gasteiger partial charge on any atom is -0.497 e. The van der Waals surface area contributed by atoms with Crippen molar-refractivity contribution in [2.75, 3.05) is 43.6 Å². The van der Waals surface area contributed by atoms with Gasteiger partial charge in [0.05, 0.1) is 38.8 Å². The second-order valence-corrected chi connectivity index (χ2v) is 9.63. The monoisotopic (exact) mass is 560 g/mol. The zero-order valence-electron chi connectivity index (χ0n) is 22.2.